The van der Waals surface area contributed by atoms with Crippen LogP contribution in [0.2, 0.25) is 0 Å². The van der Waals surface area contributed by atoms with Crippen molar-refractivity contribution in [3.63, 3.8) is 0 Å². The summed E-state index contributed by atoms with van der Waals surface area (Å²) in [7, 11) is 1.80. The van der Waals surface area contributed by atoms with E-state index in [1.165, 1.54) is 0 Å². The lowest BCUT2D eigenvalue weighted by Gasteiger charge is -2.10. The number of alkyl halides is 3. The highest BCUT2D eigenvalue weighted by molar-refractivity contribution is 5.89. The van der Waals surface area contributed by atoms with Gasteiger partial charge in [-0.2, -0.15) is 13.2 Å². The van der Waals surface area contributed by atoms with Crippen molar-refractivity contribution >= 4 is 11.7 Å². The Morgan fingerprint density at radius 2 is 1.83 bits per heavy atom. The zero-order valence-corrected chi connectivity index (χ0v) is 9.77. The first kappa shape index (κ1) is 14.3. The highest BCUT2D eigenvalue weighted by atomic mass is 19.4. The molecule has 0 aromatic heterocycles. The zero-order chi connectivity index (χ0) is 13.6. The van der Waals surface area contributed by atoms with E-state index in [1.807, 2.05) is 0 Å². The lowest BCUT2D eigenvalue weighted by molar-refractivity contribution is -0.122. The van der Waals surface area contributed by atoms with Crippen molar-refractivity contribution in [3.05, 3.63) is 29.8 Å². The molecule has 18 heavy (non-hydrogen) atoms. The van der Waals surface area contributed by atoms with E-state index >= 15 is 0 Å². The summed E-state index contributed by atoms with van der Waals surface area (Å²) in [4.78, 5) is 11.1. The monoisotopic (exact) mass is 261 g/mol. The molecule has 0 atom stereocenters. The van der Waals surface area contributed by atoms with Gasteiger partial charge in [0, 0.05) is 12.2 Å². The molecular weight excluding hydrogens is 247 g/mol. The van der Waals surface area contributed by atoms with Crippen molar-refractivity contribution in [3.8, 4) is 0 Å². The van der Waals surface area contributed by atoms with Gasteiger partial charge in [0.1, 0.15) is 6.54 Å². The second-order valence-corrected chi connectivity index (χ2v) is 3.65. The second-order valence-electron chi connectivity index (χ2n) is 3.65. The third-order valence-electron chi connectivity index (χ3n) is 2.04. The van der Waals surface area contributed by atoms with Gasteiger partial charge in [-0.05, 0) is 24.7 Å². The summed E-state index contributed by atoms with van der Waals surface area (Å²) < 4.78 is 35.5. The zero-order valence-electron chi connectivity index (χ0n) is 9.77. The van der Waals surface area contributed by atoms with Gasteiger partial charge in [-0.3, -0.25) is 0 Å². The maximum atomic E-state index is 11.8. The summed E-state index contributed by atoms with van der Waals surface area (Å²) in [5.41, 5.74) is 1.45. The molecule has 7 heteroatoms. The molecule has 1 rings (SSSR count). The van der Waals surface area contributed by atoms with Gasteiger partial charge in [0.25, 0.3) is 0 Å². The van der Waals surface area contributed by atoms with E-state index in [-0.39, 0.29) is 0 Å². The van der Waals surface area contributed by atoms with Crippen LogP contribution in [0.3, 0.4) is 0 Å². The molecule has 0 spiro atoms. The van der Waals surface area contributed by atoms with Gasteiger partial charge in [0.15, 0.2) is 0 Å². The number of anilines is 1. The third kappa shape index (κ3) is 5.53. The van der Waals surface area contributed by atoms with E-state index in [0.717, 1.165) is 5.56 Å². The number of amides is 2. The Hall–Kier alpha value is -1.76. The van der Waals surface area contributed by atoms with Gasteiger partial charge in [-0.25, -0.2) is 4.79 Å². The molecule has 4 nitrogen and oxygen atoms in total. The number of carbonyl (C=O) groups excluding carboxylic acids is 1. The molecule has 0 unspecified atom stereocenters. The van der Waals surface area contributed by atoms with Crippen molar-refractivity contribution in [1.29, 1.82) is 0 Å². The minimum Gasteiger partial charge on any atom is -0.329 e. The molecule has 0 fully saturated rings. The number of hydrogen-bond acceptors (Lipinski definition) is 2. The van der Waals surface area contributed by atoms with Crippen LogP contribution in [0, 0.1) is 0 Å². The van der Waals surface area contributed by atoms with E-state index in [1.54, 1.807) is 36.6 Å². The van der Waals surface area contributed by atoms with Gasteiger partial charge in [0.05, 0.1) is 0 Å². The minimum absolute atomic E-state index is 0.439. The highest BCUT2D eigenvalue weighted by Gasteiger charge is 2.27. The van der Waals surface area contributed by atoms with Crippen LogP contribution in [0.4, 0.5) is 23.7 Å². The third-order valence-corrected chi connectivity index (χ3v) is 2.04. The summed E-state index contributed by atoms with van der Waals surface area (Å²) in [5.74, 6) is 0. The van der Waals surface area contributed by atoms with Crippen molar-refractivity contribution in [1.82, 2.24) is 10.6 Å². The van der Waals surface area contributed by atoms with Gasteiger partial charge < -0.3 is 16.0 Å². The number of carbonyl (C=O) groups is 1. The molecule has 0 radical (unpaired) electrons. The SMILES string of the molecule is CNCc1ccc(NC(=O)NCC(F)(F)F)cc1. The maximum Gasteiger partial charge on any atom is 0.405 e. The highest BCUT2D eigenvalue weighted by Crippen LogP contribution is 2.13. The van der Waals surface area contributed by atoms with Crippen LogP contribution in [-0.2, 0) is 6.54 Å². The number of benzene rings is 1. The predicted octanol–water partition coefficient (Wildman–Crippen LogP) is 2.09. The maximum absolute atomic E-state index is 11.8. The summed E-state index contributed by atoms with van der Waals surface area (Å²) >= 11 is 0. The van der Waals surface area contributed by atoms with Crippen LogP contribution in [0.25, 0.3) is 0 Å². The first-order chi connectivity index (χ1) is 8.40. The van der Waals surface area contributed by atoms with Gasteiger partial charge in [0.2, 0.25) is 0 Å². The molecule has 0 bridgehead atoms. The summed E-state index contributed by atoms with van der Waals surface area (Å²) in [6.45, 7) is -0.669. The molecule has 2 amide bonds. The number of hydrogen-bond donors (Lipinski definition) is 3. The predicted molar refractivity (Wildman–Crippen MR) is 62.3 cm³/mol. The first-order valence-electron chi connectivity index (χ1n) is 5.26. The number of halogens is 3. The van der Waals surface area contributed by atoms with E-state index in [9.17, 15) is 18.0 Å². The molecule has 0 aliphatic rings. The molecule has 0 aliphatic carbocycles. The Kier molecular flexibility index (Phi) is 4.96. The molecular formula is C11H14F3N3O. The number of rotatable bonds is 4. The second kappa shape index (κ2) is 6.25. The molecule has 1 aromatic carbocycles. The normalized spacial score (nSPS) is 11.1. The fourth-order valence-corrected chi connectivity index (χ4v) is 1.27. The average Bonchev–Trinajstić information content (AvgIpc) is 2.29. The molecule has 1 aromatic rings. The van der Waals surface area contributed by atoms with Crippen LogP contribution < -0.4 is 16.0 Å². The molecule has 3 N–H and O–H groups in total. The van der Waals surface area contributed by atoms with Crippen LogP contribution in [0.1, 0.15) is 5.56 Å². The first-order valence-corrected chi connectivity index (χ1v) is 5.26. The average molecular weight is 261 g/mol. The summed E-state index contributed by atoms with van der Waals surface area (Å²) in [6.07, 6.45) is -4.41. The Morgan fingerprint density at radius 3 is 2.33 bits per heavy atom. The molecule has 0 saturated carbocycles. The van der Waals surface area contributed by atoms with E-state index in [2.05, 4.69) is 10.6 Å². The van der Waals surface area contributed by atoms with Gasteiger partial charge >= 0.3 is 12.2 Å². The number of nitrogens with one attached hydrogen (secondary N) is 3. The molecule has 0 saturated heterocycles. The van der Waals surface area contributed by atoms with E-state index in [4.69, 9.17) is 0 Å². The van der Waals surface area contributed by atoms with E-state index < -0.39 is 18.8 Å². The van der Waals surface area contributed by atoms with Crippen molar-refractivity contribution in [2.24, 2.45) is 0 Å². The molecule has 0 aliphatic heterocycles. The molecule has 0 heterocycles. The lowest BCUT2D eigenvalue weighted by Crippen LogP contribution is -2.36. The summed E-state index contributed by atoms with van der Waals surface area (Å²) in [5, 5.41) is 6.99. The Labute approximate surface area is 103 Å². The Balaban J connectivity index is 2.44. The fraction of sp³-hybridized carbons (Fsp3) is 0.364. The van der Waals surface area contributed by atoms with Gasteiger partial charge in [-0.1, -0.05) is 12.1 Å². The van der Waals surface area contributed by atoms with Crippen LogP contribution in [0.15, 0.2) is 24.3 Å². The van der Waals surface area contributed by atoms with Gasteiger partial charge in [-0.15, -0.1) is 0 Å². The standard InChI is InChI=1S/C11H14F3N3O/c1-15-6-8-2-4-9(5-3-8)17-10(18)16-7-11(12,13)14/h2-5,15H,6-7H2,1H3,(H2,16,17,18). The summed E-state index contributed by atoms with van der Waals surface area (Å²) in [6, 6.07) is 5.92. The largest absolute Gasteiger partial charge is 0.405 e. The molecule has 100 valence electrons. The topological polar surface area (TPSA) is 53.2 Å². The minimum atomic E-state index is -4.41. The van der Waals surface area contributed by atoms with E-state index in [0.29, 0.717) is 12.2 Å². The number of urea groups is 1. The van der Waals surface area contributed by atoms with Crippen molar-refractivity contribution < 1.29 is 18.0 Å². The Morgan fingerprint density at radius 1 is 1.22 bits per heavy atom. The lowest BCUT2D eigenvalue weighted by atomic mass is 10.2. The van der Waals surface area contributed by atoms with Crippen molar-refractivity contribution in [2.75, 3.05) is 18.9 Å². The quantitative estimate of drug-likeness (QED) is 0.777. The van der Waals surface area contributed by atoms with Crippen LogP contribution >= 0.6 is 0 Å². The van der Waals surface area contributed by atoms with Crippen molar-refractivity contribution in [2.45, 2.75) is 12.7 Å². The van der Waals surface area contributed by atoms with Crippen LogP contribution in [-0.4, -0.2) is 25.8 Å². The fourth-order valence-electron chi connectivity index (χ4n) is 1.27. The van der Waals surface area contributed by atoms with Crippen LogP contribution in [0.5, 0.6) is 0 Å². The Bertz CT molecular complexity index is 390. The smallest absolute Gasteiger partial charge is 0.329 e.